The number of carbonyl (C=O) groups is 1. The first kappa shape index (κ1) is 16.9. The molecule has 1 atom stereocenters. The molecular formula is C12H22O6. The van der Waals surface area contributed by atoms with Crippen LogP contribution in [0.1, 0.15) is 34.1 Å². The highest BCUT2D eigenvalue weighted by Crippen LogP contribution is 2.15. The van der Waals surface area contributed by atoms with Crippen LogP contribution in [-0.2, 0) is 19.2 Å². The summed E-state index contributed by atoms with van der Waals surface area (Å²) >= 11 is 0. The minimum atomic E-state index is -1.39. The summed E-state index contributed by atoms with van der Waals surface area (Å²) in [7, 11) is 0. The molecule has 0 aromatic rings. The Morgan fingerprint density at radius 3 is 2.50 bits per heavy atom. The van der Waals surface area contributed by atoms with E-state index in [0.717, 1.165) is 12.0 Å². The molecule has 0 rings (SSSR count). The highest BCUT2D eigenvalue weighted by molar-refractivity contribution is 5.56. The SMILES string of the molecule is C=C(C)COC(COC(=O)O)OOC(C)(C)CC. The number of hydrogen-bond donors (Lipinski definition) is 1. The molecule has 0 fully saturated rings. The molecule has 1 N–H and O–H groups in total. The Bertz CT molecular complexity index is 256. The lowest BCUT2D eigenvalue weighted by atomic mass is 10.1. The van der Waals surface area contributed by atoms with Crippen molar-refractivity contribution in [3.63, 3.8) is 0 Å². The van der Waals surface area contributed by atoms with E-state index in [2.05, 4.69) is 11.3 Å². The Hall–Kier alpha value is -1.11. The molecular weight excluding hydrogens is 240 g/mol. The van der Waals surface area contributed by atoms with Gasteiger partial charge in [0.1, 0.15) is 6.61 Å². The third-order valence-corrected chi connectivity index (χ3v) is 2.09. The van der Waals surface area contributed by atoms with Gasteiger partial charge in [-0.15, -0.1) is 0 Å². The average Bonchev–Trinajstić information content (AvgIpc) is 2.27. The van der Waals surface area contributed by atoms with Crippen LogP contribution in [0.25, 0.3) is 0 Å². The lowest BCUT2D eigenvalue weighted by Gasteiger charge is -2.25. The minimum Gasteiger partial charge on any atom is -0.450 e. The molecule has 0 saturated carbocycles. The number of carboxylic acid groups (broad SMARTS) is 1. The summed E-state index contributed by atoms with van der Waals surface area (Å²) in [5, 5.41) is 8.42. The molecule has 0 spiro atoms. The molecule has 0 saturated heterocycles. The Balaban J connectivity index is 4.19. The first-order valence-electron chi connectivity index (χ1n) is 5.73. The van der Waals surface area contributed by atoms with E-state index in [1.165, 1.54) is 0 Å². The Morgan fingerprint density at radius 2 is 2.06 bits per heavy atom. The molecule has 18 heavy (non-hydrogen) atoms. The fraction of sp³-hybridized carbons (Fsp3) is 0.750. The molecule has 0 aromatic carbocycles. The van der Waals surface area contributed by atoms with Crippen LogP contribution in [0.2, 0.25) is 0 Å². The van der Waals surface area contributed by atoms with Crippen molar-refractivity contribution in [2.24, 2.45) is 0 Å². The summed E-state index contributed by atoms with van der Waals surface area (Å²) in [6.45, 7) is 11.1. The topological polar surface area (TPSA) is 74.2 Å². The maximum atomic E-state index is 10.3. The smallest absolute Gasteiger partial charge is 0.450 e. The third kappa shape index (κ3) is 8.98. The van der Waals surface area contributed by atoms with Crippen LogP contribution in [-0.4, -0.2) is 36.4 Å². The molecule has 6 nitrogen and oxygen atoms in total. The van der Waals surface area contributed by atoms with Crippen LogP contribution in [0.3, 0.4) is 0 Å². The molecule has 1 unspecified atom stereocenters. The van der Waals surface area contributed by atoms with Crippen LogP contribution in [0.5, 0.6) is 0 Å². The van der Waals surface area contributed by atoms with Gasteiger partial charge in [0.2, 0.25) is 6.29 Å². The predicted octanol–water partition coefficient (Wildman–Crippen LogP) is 2.74. The van der Waals surface area contributed by atoms with Crippen molar-refractivity contribution in [2.75, 3.05) is 13.2 Å². The van der Waals surface area contributed by atoms with Crippen molar-refractivity contribution >= 4 is 6.16 Å². The van der Waals surface area contributed by atoms with E-state index in [1.807, 2.05) is 20.8 Å². The normalized spacial score (nSPS) is 13.1. The molecule has 0 radical (unpaired) electrons. The molecule has 0 aliphatic carbocycles. The number of ether oxygens (including phenoxy) is 2. The molecule has 0 aliphatic rings. The van der Waals surface area contributed by atoms with Gasteiger partial charge in [0.25, 0.3) is 0 Å². The second kappa shape index (κ2) is 8.07. The summed E-state index contributed by atoms with van der Waals surface area (Å²) in [6, 6.07) is 0. The van der Waals surface area contributed by atoms with Gasteiger partial charge in [0.15, 0.2) is 0 Å². The zero-order chi connectivity index (χ0) is 14.2. The summed E-state index contributed by atoms with van der Waals surface area (Å²) in [5.74, 6) is 0. The van der Waals surface area contributed by atoms with Gasteiger partial charge >= 0.3 is 6.16 Å². The van der Waals surface area contributed by atoms with Gasteiger partial charge in [-0.3, -0.25) is 0 Å². The summed E-state index contributed by atoms with van der Waals surface area (Å²) in [6.07, 6.45) is -1.57. The maximum Gasteiger partial charge on any atom is 0.505 e. The predicted molar refractivity (Wildman–Crippen MR) is 65.1 cm³/mol. The largest absolute Gasteiger partial charge is 0.505 e. The van der Waals surface area contributed by atoms with Crippen LogP contribution >= 0.6 is 0 Å². The van der Waals surface area contributed by atoms with Crippen molar-refractivity contribution in [1.29, 1.82) is 0 Å². The van der Waals surface area contributed by atoms with Crippen LogP contribution < -0.4 is 0 Å². The molecule has 0 heterocycles. The average molecular weight is 262 g/mol. The zero-order valence-electron chi connectivity index (χ0n) is 11.4. The van der Waals surface area contributed by atoms with E-state index in [-0.39, 0.29) is 13.2 Å². The molecule has 0 aliphatic heterocycles. The first-order chi connectivity index (χ1) is 8.26. The van der Waals surface area contributed by atoms with Gasteiger partial charge < -0.3 is 14.6 Å². The fourth-order valence-corrected chi connectivity index (χ4v) is 0.721. The molecule has 0 amide bonds. The van der Waals surface area contributed by atoms with Gasteiger partial charge in [-0.2, -0.15) is 0 Å². The summed E-state index contributed by atoms with van der Waals surface area (Å²) < 4.78 is 9.65. The van der Waals surface area contributed by atoms with Crippen molar-refractivity contribution in [3.05, 3.63) is 12.2 Å². The fourth-order valence-electron chi connectivity index (χ4n) is 0.721. The molecule has 0 aromatic heterocycles. The van der Waals surface area contributed by atoms with E-state index in [1.54, 1.807) is 6.92 Å². The highest BCUT2D eigenvalue weighted by atomic mass is 17.2. The van der Waals surface area contributed by atoms with E-state index in [9.17, 15) is 4.79 Å². The van der Waals surface area contributed by atoms with Crippen LogP contribution in [0.4, 0.5) is 4.79 Å². The van der Waals surface area contributed by atoms with E-state index in [4.69, 9.17) is 19.6 Å². The summed E-state index contributed by atoms with van der Waals surface area (Å²) in [5.41, 5.74) is 0.308. The highest BCUT2D eigenvalue weighted by Gasteiger charge is 2.21. The second-order valence-electron chi connectivity index (χ2n) is 4.57. The number of rotatable bonds is 9. The van der Waals surface area contributed by atoms with E-state index in [0.29, 0.717) is 0 Å². The Kier molecular flexibility index (Phi) is 7.58. The van der Waals surface area contributed by atoms with Crippen molar-refractivity contribution in [3.8, 4) is 0 Å². The van der Waals surface area contributed by atoms with E-state index < -0.39 is 18.0 Å². The quantitative estimate of drug-likeness (QED) is 0.226. The third-order valence-electron chi connectivity index (χ3n) is 2.09. The first-order valence-corrected chi connectivity index (χ1v) is 5.73. The van der Waals surface area contributed by atoms with Crippen LogP contribution in [0, 0.1) is 0 Å². The summed E-state index contributed by atoms with van der Waals surface area (Å²) in [4.78, 5) is 20.5. The lowest BCUT2D eigenvalue weighted by Crippen LogP contribution is -2.31. The van der Waals surface area contributed by atoms with Crippen molar-refractivity contribution in [2.45, 2.75) is 46.0 Å². The van der Waals surface area contributed by atoms with Crippen molar-refractivity contribution in [1.82, 2.24) is 0 Å². The molecule has 6 heteroatoms. The number of hydrogen-bond acceptors (Lipinski definition) is 5. The molecule has 106 valence electrons. The maximum absolute atomic E-state index is 10.3. The Morgan fingerprint density at radius 1 is 1.44 bits per heavy atom. The minimum absolute atomic E-state index is 0.240. The standard InChI is InChI=1S/C12H22O6/c1-6-12(4,5)18-17-10(8-16-11(13)14)15-7-9(2)3/h10H,2,6-8H2,1,3-5H3,(H,13,14). The second-order valence-corrected chi connectivity index (χ2v) is 4.57. The van der Waals surface area contributed by atoms with Gasteiger partial charge in [-0.1, -0.05) is 19.1 Å². The van der Waals surface area contributed by atoms with Gasteiger partial charge in [0.05, 0.1) is 12.2 Å². The molecule has 0 bridgehead atoms. The monoisotopic (exact) mass is 262 g/mol. The van der Waals surface area contributed by atoms with Gasteiger partial charge in [0, 0.05) is 0 Å². The van der Waals surface area contributed by atoms with Crippen molar-refractivity contribution < 1.29 is 29.1 Å². The lowest BCUT2D eigenvalue weighted by molar-refractivity contribution is -0.422. The Labute approximate surface area is 107 Å². The zero-order valence-corrected chi connectivity index (χ0v) is 11.4. The van der Waals surface area contributed by atoms with E-state index >= 15 is 0 Å². The van der Waals surface area contributed by atoms with Gasteiger partial charge in [-0.05, 0) is 27.2 Å². The van der Waals surface area contributed by atoms with Gasteiger partial charge in [-0.25, -0.2) is 14.6 Å². The van der Waals surface area contributed by atoms with Crippen LogP contribution in [0.15, 0.2) is 12.2 Å².